The lowest BCUT2D eigenvalue weighted by Crippen LogP contribution is -2.24. The van der Waals surface area contributed by atoms with Gasteiger partial charge in [-0.05, 0) is 49.1 Å². The minimum absolute atomic E-state index is 0.0198. The number of carbonyl (C=O) groups is 1. The number of halogens is 2. The second kappa shape index (κ2) is 12.5. The summed E-state index contributed by atoms with van der Waals surface area (Å²) in [6.45, 7) is 12.6. The minimum Gasteiger partial charge on any atom is -0.475 e. The van der Waals surface area contributed by atoms with Crippen LogP contribution >= 0.6 is 0 Å². The Kier molecular flexibility index (Phi) is 9.39. The fraction of sp³-hybridized carbons (Fsp3) is 0.333. The van der Waals surface area contributed by atoms with Crippen molar-refractivity contribution in [3.8, 4) is 5.88 Å². The summed E-state index contributed by atoms with van der Waals surface area (Å²) < 4.78 is 34.8. The molecule has 0 spiro atoms. The third-order valence-corrected chi connectivity index (χ3v) is 5.67. The molecule has 5 nitrogen and oxygen atoms in total. The normalized spacial score (nSPS) is 11.0. The summed E-state index contributed by atoms with van der Waals surface area (Å²) in [6.07, 6.45) is -0.0408. The van der Waals surface area contributed by atoms with E-state index in [0.29, 0.717) is 34.6 Å². The van der Waals surface area contributed by atoms with E-state index >= 15 is 0 Å². The van der Waals surface area contributed by atoms with Crippen LogP contribution in [0.1, 0.15) is 74.6 Å². The monoisotopic (exact) mass is 507 g/mol. The molecule has 0 saturated carbocycles. The van der Waals surface area contributed by atoms with Crippen LogP contribution in [0.15, 0.2) is 60.7 Å². The molecule has 0 aliphatic rings. The van der Waals surface area contributed by atoms with Crippen LogP contribution in [0.4, 0.5) is 8.78 Å². The highest BCUT2D eigenvalue weighted by Crippen LogP contribution is 2.33. The quantitative estimate of drug-likeness (QED) is 0.274. The van der Waals surface area contributed by atoms with Gasteiger partial charge in [0.25, 0.3) is 5.91 Å². The average molecular weight is 508 g/mol. The maximum atomic E-state index is 13.6. The third-order valence-electron chi connectivity index (χ3n) is 5.67. The predicted molar refractivity (Wildman–Crippen MR) is 144 cm³/mol. The molecule has 37 heavy (non-hydrogen) atoms. The summed E-state index contributed by atoms with van der Waals surface area (Å²) in [5, 5.41) is 3.58. The molecule has 7 heteroatoms. The van der Waals surface area contributed by atoms with Crippen LogP contribution in [-0.2, 0) is 13.1 Å². The van der Waals surface area contributed by atoms with Gasteiger partial charge in [-0.2, -0.15) is 4.98 Å². The largest absolute Gasteiger partial charge is 0.475 e. The van der Waals surface area contributed by atoms with Crippen molar-refractivity contribution in [1.29, 1.82) is 0 Å². The fourth-order valence-electron chi connectivity index (χ4n) is 4.21. The first kappa shape index (κ1) is 27.8. The van der Waals surface area contributed by atoms with Gasteiger partial charge in [-0.25, -0.2) is 8.78 Å². The highest BCUT2D eigenvalue weighted by atomic mass is 19.2. The molecule has 0 aliphatic heterocycles. The van der Waals surface area contributed by atoms with E-state index in [2.05, 4.69) is 9.88 Å². The number of ether oxygens (including phenoxy) is 1. The van der Waals surface area contributed by atoms with E-state index in [1.807, 2.05) is 77.9 Å². The molecular formula is C30H35F2N3O2. The molecule has 2 aromatic carbocycles. The smallest absolute Gasteiger partial charge is 0.254 e. The summed E-state index contributed by atoms with van der Waals surface area (Å²) in [4.78, 5) is 18.3. The number of hydrogen-bond donors (Lipinski definition) is 1. The maximum absolute atomic E-state index is 13.6. The second-order valence-electron chi connectivity index (χ2n) is 9.11. The molecule has 2 aromatic heterocycles. The Labute approximate surface area is 217 Å². The first-order valence-corrected chi connectivity index (χ1v) is 12.7. The zero-order valence-electron chi connectivity index (χ0n) is 22.3. The van der Waals surface area contributed by atoms with E-state index in [1.165, 1.54) is 6.07 Å². The Bertz CT molecular complexity index is 1350. The molecular weight excluding hydrogens is 472 g/mol. The van der Waals surface area contributed by atoms with Crippen molar-refractivity contribution in [3.05, 3.63) is 94.7 Å². The summed E-state index contributed by atoms with van der Waals surface area (Å²) >= 11 is 0. The number of hydrogen-bond acceptors (Lipinski definition) is 3. The summed E-state index contributed by atoms with van der Waals surface area (Å²) in [6, 6.07) is 17.2. The number of nitrogens with one attached hydrogen (secondary N) is 1. The number of amides is 1. The van der Waals surface area contributed by atoms with Gasteiger partial charge in [0.2, 0.25) is 5.88 Å². The van der Waals surface area contributed by atoms with Gasteiger partial charge in [-0.1, -0.05) is 64.1 Å². The van der Waals surface area contributed by atoms with Gasteiger partial charge in [0.15, 0.2) is 11.6 Å². The molecule has 0 bridgehead atoms. The van der Waals surface area contributed by atoms with E-state index < -0.39 is 11.6 Å². The van der Waals surface area contributed by atoms with Crippen LogP contribution in [-0.4, -0.2) is 21.6 Å². The van der Waals surface area contributed by atoms with Crippen LogP contribution in [0, 0.1) is 11.6 Å². The van der Waals surface area contributed by atoms with Crippen LogP contribution in [0.2, 0.25) is 0 Å². The van der Waals surface area contributed by atoms with Gasteiger partial charge in [0.05, 0.1) is 11.7 Å². The Morgan fingerprint density at radius 3 is 2.27 bits per heavy atom. The topological polar surface area (TPSA) is 56.1 Å². The van der Waals surface area contributed by atoms with Gasteiger partial charge < -0.3 is 14.6 Å². The number of benzene rings is 2. The van der Waals surface area contributed by atoms with Crippen molar-refractivity contribution in [2.45, 2.75) is 66.7 Å². The SMILES string of the molecule is CC.CC(C)Oc1ccc2c(C(=O)NCc3ccc(F)c(F)c3)c(C(C)C)n(Cc3ccccc3)c2n1. The molecule has 0 unspecified atom stereocenters. The van der Waals surface area contributed by atoms with Gasteiger partial charge in [0, 0.05) is 30.2 Å². The first-order chi connectivity index (χ1) is 17.7. The fourth-order valence-corrected chi connectivity index (χ4v) is 4.21. The molecule has 196 valence electrons. The Hall–Kier alpha value is -3.74. The van der Waals surface area contributed by atoms with Crippen molar-refractivity contribution < 1.29 is 18.3 Å². The number of nitrogens with zero attached hydrogens (tertiary/aromatic N) is 2. The average Bonchev–Trinajstić information content (AvgIpc) is 3.19. The van der Waals surface area contributed by atoms with Crippen LogP contribution in [0.25, 0.3) is 11.0 Å². The number of rotatable bonds is 8. The van der Waals surface area contributed by atoms with E-state index in [4.69, 9.17) is 9.72 Å². The molecule has 0 saturated heterocycles. The van der Waals surface area contributed by atoms with Gasteiger partial charge in [-0.15, -0.1) is 0 Å². The lowest BCUT2D eigenvalue weighted by Gasteiger charge is -2.15. The minimum atomic E-state index is -0.944. The standard InChI is InChI=1S/C28H29F2N3O2.C2H6/c1-17(2)26-25(28(34)31-15-20-10-12-22(29)23(30)14-20)21-11-13-24(35-18(3)4)32-27(21)33(26)16-19-8-6-5-7-9-19;1-2/h5-14,17-18H,15-16H2,1-4H3,(H,31,34);1-2H3. The van der Waals surface area contributed by atoms with E-state index in [-0.39, 0.29) is 24.5 Å². The van der Waals surface area contributed by atoms with Crippen molar-refractivity contribution in [1.82, 2.24) is 14.9 Å². The Morgan fingerprint density at radius 2 is 1.65 bits per heavy atom. The highest BCUT2D eigenvalue weighted by molar-refractivity contribution is 6.08. The molecule has 0 aliphatic carbocycles. The van der Waals surface area contributed by atoms with Crippen molar-refractivity contribution >= 4 is 16.9 Å². The molecule has 0 radical (unpaired) electrons. The number of aromatic nitrogens is 2. The summed E-state index contributed by atoms with van der Waals surface area (Å²) in [5.74, 6) is -1.65. The van der Waals surface area contributed by atoms with Crippen molar-refractivity contribution in [3.63, 3.8) is 0 Å². The van der Waals surface area contributed by atoms with Crippen LogP contribution < -0.4 is 10.1 Å². The predicted octanol–water partition coefficient (Wildman–Crippen LogP) is 7.23. The molecule has 1 amide bonds. The lowest BCUT2D eigenvalue weighted by molar-refractivity contribution is 0.0951. The van der Waals surface area contributed by atoms with Crippen molar-refractivity contribution in [2.24, 2.45) is 0 Å². The van der Waals surface area contributed by atoms with Gasteiger partial charge in [0.1, 0.15) is 5.65 Å². The van der Waals surface area contributed by atoms with Crippen LogP contribution in [0.5, 0.6) is 5.88 Å². The summed E-state index contributed by atoms with van der Waals surface area (Å²) in [5.41, 5.74) is 3.59. The van der Waals surface area contributed by atoms with Gasteiger partial charge >= 0.3 is 0 Å². The van der Waals surface area contributed by atoms with Crippen LogP contribution in [0.3, 0.4) is 0 Å². The van der Waals surface area contributed by atoms with E-state index in [9.17, 15) is 13.6 Å². The van der Waals surface area contributed by atoms with Crippen molar-refractivity contribution in [2.75, 3.05) is 0 Å². The first-order valence-electron chi connectivity index (χ1n) is 12.7. The van der Waals surface area contributed by atoms with Gasteiger partial charge in [-0.3, -0.25) is 4.79 Å². The molecule has 4 aromatic rings. The maximum Gasteiger partial charge on any atom is 0.254 e. The Balaban J connectivity index is 0.00000186. The number of carbonyl (C=O) groups excluding carboxylic acids is 1. The summed E-state index contributed by atoms with van der Waals surface area (Å²) in [7, 11) is 0. The molecule has 4 rings (SSSR count). The Morgan fingerprint density at radius 1 is 0.946 bits per heavy atom. The van der Waals surface area contributed by atoms with E-state index in [0.717, 1.165) is 23.4 Å². The molecule has 1 N–H and O–H groups in total. The van der Waals surface area contributed by atoms with E-state index in [1.54, 1.807) is 6.07 Å². The molecule has 2 heterocycles. The molecule has 0 atom stereocenters. The molecule has 0 fully saturated rings. The number of pyridine rings is 1. The zero-order valence-corrected chi connectivity index (χ0v) is 22.3. The highest BCUT2D eigenvalue weighted by Gasteiger charge is 2.26. The zero-order chi connectivity index (χ0) is 27.1. The number of fused-ring (bicyclic) bond motifs is 1. The lowest BCUT2D eigenvalue weighted by atomic mass is 10.0. The third kappa shape index (κ3) is 6.53. The second-order valence-corrected chi connectivity index (χ2v) is 9.11.